The highest BCUT2D eigenvalue weighted by molar-refractivity contribution is 5.97. The average molecular weight is 331 g/mol. The maximum Gasteiger partial charge on any atom is 0.255 e. The van der Waals surface area contributed by atoms with Gasteiger partial charge in [0.25, 0.3) is 5.91 Å². The van der Waals surface area contributed by atoms with Gasteiger partial charge in [0.05, 0.1) is 5.56 Å². The van der Waals surface area contributed by atoms with Crippen molar-refractivity contribution in [2.45, 2.75) is 12.8 Å². The molecule has 3 aromatic rings. The van der Waals surface area contributed by atoms with Crippen LogP contribution in [0.5, 0.6) is 11.5 Å². The number of nitrogens with one attached hydrogen (secondary N) is 1. The zero-order valence-corrected chi connectivity index (χ0v) is 14.0. The van der Waals surface area contributed by atoms with Crippen molar-refractivity contribution in [1.82, 2.24) is 5.32 Å². The largest absolute Gasteiger partial charge is 0.457 e. The monoisotopic (exact) mass is 331 g/mol. The molecule has 1 N–H and O–H groups in total. The molecule has 3 rings (SSSR count). The lowest BCUT2D eigenvalue weighted by molar-refractivity contribution is 0.0951. The van der Waals surface area contributed by atoms with Gasteiger partial charge in [-0.25, -0.2) is 0 Å². The van der Waals surface area contributed by atoms with Crippen molar-refractivity contribution in [3.05, 3.63) is 96.1 Å². The van der Waals surface area contributed by atoms with Gasteiger partial charge in [0.1, 0.15) is 11.5 Å². The number of benzene rings is 3. The quantitative estimate of drug-likeness (QED) is 0.629. The number of hydrogen-bond acceptors (Lipinski definition) is 2. The van der Waals surface area contributed by atoms with Gasteiger partial charge in [-0.05, 0) is 42.7 Å². The van der Waals surface area contributed by atoms with E-state index >= 15 is 0 Å². The second kappa shape index (κ2) is 8.69. The summed E-state index contributed by atoms with van der Waals surface area (Å²) in [5.41, 5.74) is 1.83. The molecule has 3 heteroatoms. The zero-order chi connectivity index (χ0) is 17.3. The molecule has 0 aliphatic carbocycles. The van der Waals surface area contributed by atoms with Gasteiger partial charge in [-0.1, -0.05) is 60.7 Å². The van der Waals surface area contributed by atoms with Crippen LogP contribution in [0.25, 0.3) is 0 Å². The summed E-state index contributed by atoms with van der Waals surface area (Å²) in [5.74, 6) is 1.17. The van der Waals surface area contributed by atoms with Crippen LogP contribution in [0.3, 0.4) is 0 Å². The number of rotatable bonds is 7. The predicted molar refractivity (Wildman–Crippen MR) is 100 cm³/mol. The minimum absolute atomic E-state index is 0.111. The topological polar surface area (TPSA) is 38.3 Å². The molecule has 126 valence electrons. The number of amides is 1. The van der Waals surface area contributed by atoms with Crippen LogP contribution >= 0.6 is 0 Å². The molecule has 0 aliphatic heterocycles. The number of carbonyl (C=O) groups is 1. The van der Waals surface area contributed by atoms with Crippen LogP contribution < -0.4 is 10.1 Å². The second-order valence-corrected chi connectivity index (χ2v) is 5.76. The van der Waals surface area contributed by atoms with Crippen LogP contribution in [0.15, 0.2) is 84.9 Å². The van der Waals surface area contributed by atoms with Crippen molar-refractivity contribution < 1.29 is 9.53 Å². The molecule has 0 atom stereocenters. The van der Waals surface area contributed by atoms with Crippen molar-refractivity contribution in [1.29, 1.82) is 0 Å². The van der Waals surface area contributed by atoms with Crippen LogP contribution in [0, 0.1) is 0 Å². The van der Waals surface area contributed by atoms with E-state index in [1.165, 1.54) is 5.56 Å². The maximum atomic E-state index is 12.5. The predicted octanol–water partition coefficient (Wildman–Crippen LogP) is 4.84. The van der Waals surface area contributed by atoms with Gasteiger partial charge >= 0.3 is 0 Å². The van der Waals surface area contributed by atoms with Gasteiger partial charge in [0, 0.05) is 6.54 Å². The Kier molecular flexibility index (Phi) is 5.83. The van der Waals surface area contributed by atoms with E-state index in [2.05, 4.69) is 17.4 Å². The third-order valence-electron chi connectivity index (χ3n) is 3.87. The molecule has 0 radical (unpaired) electrons. The summed E-state index contributed by atoms with van der Waals surface area (Å²) in [7, 11) is 0. The normalized spacial score (nSPS) is 10.2. The van der Waals surface area contributed by atoms with E-state index in [1.807, 2.05) is 66.7 Å². The Hall–Kier alpha value is -3.07. The number of hydrogen-bond donors (Lipinski definition) is 1. The summed E-state index contributed by atoms with van der Waals surface area (Å²) in [5, 5.41) is 2.98. The Morgan fingerprint density at radius 2 is 1.44 bits per heavy atom. The fourth-order valence-corrected chi connectivity index (χ4v) is 2.59. The van der Waals surface area contributed by atoms with Crippen LogP contribution in [0.1, 0.15) is 22.3 Å². The Morgan fingerprint density at radius 3 is 2.20 bits per heavy atom. The van der Waals surface area contributed by atoms with E-state index in [0.29, 0.717) is 23.6 Å². The first-order chi connectivity index (χ1) is 12.3. The first kappa shape index (κ1) is 16.8. The van der Waals surface area contributed by atoms with Gasteiger partial charge in [-0.2, -0.15) is 0 Å². The molecular weight excluding hydrogens is 310 g/mol. The van der Waals surface area contributed by atoms with Crippen LogP contribution in [0.2, 0.25) is 0 Å². The van der Waals surface area contributed by atoms with Gasteiger partial charge in [-0.15, -0.1) is 0 Å². The van der Waals surface area contributed by atoms with E-state index in [0.717, 1.165) is 12.8 Å². The highest BCUT2D eigenvalue weighted by atomic mass is 16.5. The lowest BCUT2D eigenvalue weighted by Crippen LogP contribution is -2.25. The van der Waals surface area contributed by atoms with Crippen molar-refractivity contribution in [2.24, 2.45) is 0 Å². The maximum absolute atomic E-state index is 12.5. The number of ether oxygens (including phenoxy) is 1. The summed E-state index contributed by atoms with van der Waals surface area (Å²) < 4.78 is 5.85. The lowest BCUT2D eigenvalue weighted by atomic mass is 10.1. The molecule has 0 aromatic heterocycles. The summed E-state index contributed by atoms with van der Waals surface area (Å²) in [6.07, 6.45) is 1.85. The molecule has 0 spiro atoms. The molecule has 25 heavy (non-hydrogen) atoms. The number of carbonyl (C=O) groups excluding carboxylic acids is 1. The Balaban J connectivity index is 1.57. The van der Waals surface area contributed by atoms with Crippen LogP contribution in [0.4, 0.5) is 0 Å². The average Bonchev–Trinajstić information content (AvgIpc) is 2.67. The molecule has 3 aromatic carbocycles. The van der Waals surface area contributed by atoms with Crippen molar-refractivity contribution in [3.8, 4) is 11.5 Å². The van der Waals surface area contributed by atoms with E-state index in [4.69, 9.17) is 4.74 Å². The first-order valence-corrected chi connectivity index (χ1v) is 8.47. The van der Waals surface area contributed by atoms with E-state index in [-0.39, 0.29) is 5.91 Å². The van der Waals surface area contributed by atoms with Gasteiger partial charge < -0.3 is 10.1 Å². The first-order valence-electron chi connectivity index (χ1n) is 8.47. The molecular formula is C22H21NO2. The van der Waals surface area contributed by atoms with Crippen molar-refractivity contribution in [3.63, 3.8) is 0 Å². The van der Waals surface area contributed by atoms with Crippen molar-refractivity contribution in [2.75, 3.05) is 6.54 Å². The second-order valence-electron chi connectivity index (χ2n) is 5.76. The van der Waals surface area contributed by atoms with Gasteiger partial charge in [0.15, 0.2) is 0 Å². The summed E-state index contributed by atoms with van der Waals surface area (Å²) >= 11 is 0. The van der Waals surface area contributed by atoms with Gasteiger partial charge in [0.2, 0.25) is 0 Å². The molecule has 1 amide bonds. The lowest BCUT2D eigenvalue weighted by Gasteiger charge is -2.11. The van der Waals surface area contributed by atoms with Crippen molar-refractivity contribution >= 4 is 5.91 Å². The molecule has 0 saturated carbocycles. The van der Waals surface area contributed by atoms with E-state index in [9.17, 15) is 4.79 Å². The zero-order valence-electron chi connectivity index (χ0n) is 14.0. The number of aryl methyl sites for hydroxylation is 1. The van der Waals surface area contributed by atoms with Crippen LogP contribution in [-0.4, -0.2) is 12.5 Å². The fraction of sp³-hybridized carbons (Fsp3) is 0.136. The van der Waals surface area contributed by atoms with E-state index < -0.39 is 0 Å². The highest BCUT2D eigenvalue weighted by Gasteiger charge is 2.12. The minimum atomic E-state index is -0.111. The molecule has 0 heterocycles. The highest BCUT2D eigenvalue weighted by Crippen LogP contribution is 2.24. The summed E-state index contributed by atoms with van der Waals surface area (Å²) in [4.78, 5) is 12.5. The third-order valence-corrected chi connectivity index (χ3v) is 3.87. The molecule has 0 bridgehead atoms. The standard InChI is InChI=1S/C22H21NO2/c24-22(23-17-9-12-18-10-3-1-4-11-18)20-15-7-8-16-21(20)25-19-13-5-2-6-14-19/h1-8,10-11,13-16H,9,12,17H2,(H,23,24). The van der Waals surface area contributed by atoms with Gasteiger partial charge in [-0.3, -0.25) is 4.79 Å². The molecule has 0 unspecified atom stereocenters. The molecule has 0 aliphatic rings. The Bertz CT molecular complexity index is 801. The van der Waals surface area contributed by atoms with Crippen LogP contribution in [-0.2, 0) is 6.42 Å². The number of para-hydroxylation sites is 2. The summed E-state index contributed by atoms with van der Waals surface area (Å²) in [6.45, 7) is 0.632. The Labute approximate surface area is 148 Å². The Morgan fingerprint density at radius 1 is 0.800 bits per heavy atom. The smallest absolute Gasteiger partial charge is 0.255 e. The fourth-order valence-electron chi connectivity index (χ4n) is 2.59. The SMILES string of the molecule is O=C(NCCCc1ccccc1)c1ccccc1Oc1ccccc1. The summed E-state index contributed by atoms with van der Waals surface area (Å²) in [6, 6.07) is 27.1. The third kappa shape index (κ3) is 4.95. The molecule has 0 fully saturated rings. The van der Waals surface area contributed by atoms with E-state index in [1.54, 1.807) is 6.07 Å². The molecule has 3 nitrogen and oxygen atoms in total. The minimum Gasteiger partial charge on any atom is -0.457 e. The molecule has 0 saturated heterocycles.